The van der Waals surface area contributed by atoms with E-state index >= 15 is 0 Å². The number of Topliss-reactive ketones (excluding diaryl/α,β-unsaturated/α-hetero) is 1. The Morgan fingerprint density at radius 2 is 1.74 bits per heavy atom. The van der Waals surface area contributed by atoms with E-state index in [0.717, 1.165) is 17.7 Å². The molecule has 3 rings (SSSR count). The Labute approximate surface area is 194 Å². The average Bonchev–Trinajstić information content (AvgIpc) is 3.20. The van der Waals surface area contributed by atoms with E-state index in [9.17, 15) is 27.6 Å². The average molecular weight is 478 g/mol. The van der Waals surface area contributed by atoms with Crippen LogP contribution in [0.15, 0.2) is 54.6 Å². The topological polar surface area (TPSA) is 84.9 Å². The van der Waals surface area contributed by atoms with Crippen LogP contribution in [0.3, 0.4) is 0 Å². The van der Waals surface area contributed by atoms with Crippen molar-refractivity contribution in [3.8, 4) is 5.75 Å². The molecule has 0 unspecified atom stereocenters. The molecule has 2 amide bonds. The second-order valence-electron chi connectivity index (χ2n) is 7.97. The third-order valence-corrected chi connectivity index (χ3v) is 5.39. The van der Waals surface area contributed by atoms with Crippen molar-refractivity contribution in [1.29, 1.82) is 0 Å². The van der Waals surface area contributed by atoms with Crippen LogP contribution in [0.2, 0.25) is 0 Å². The van der Waals surface area contributed by atoms with E-state index in [2.05, 4.69) is 10.1 Å². The van der Waals surface area contributed by atoms with E-state index in [1.54, 1.807) is 12.1 Å². The molecule has 0 aliphatic carbocycles. The van der Waals surface area contributed by atoms with Gasteiger partial charge in [0.25, 0.3) is 0 Å². The first-order chi connectivity index (χ1) is 16.1. The molecule has 2 atom stereocenters. The Hall–Kier alpha value is -3.56. The number of nitrogens with one attached hydrogen (secondary N) is 1. The molecular formula is C24H25F3N2O5. The molecule has 1 aliphatic rings. The summed E-state index contributed by atoms with van der Waals surface area (Å²) in [6, 6.07) is 12.9. The molecule has 7 nitrogen and oxygen atoms in total. The molecule has 10 heteroatoms. The van der Waals surface area contributed by atoms with Crippen LogP contribution in [0, 0.1) is 0 Å². The van der Waals surface area contributed by atoms with Gasteiger partial charge >= 0.3 is 12.5 Å². The van der Waals surface area contributed by atoms with Gasteiger partial charge in [0.1, 0.15) is 12.4 Å². The maximum absolute atomic E-state index is 13.1. The van der Waals surface area contributed by atoms with E-state index in [0.29, 0.717) is 18.4 Å². The van der Waals surface area contributed by atoms with Crippen LogP contribution in [0.4, 0.5) is 18.0 Å². The molecule has 1 aliphatic heterocycles. The van der Waals surface area contributed by atoms with Crippen LogP contribution in [0.1, 0.15) is 30.9 Å². The number of halogens is 3. The van der Waals surface area contributed by atoms with Crippen LogP contribution in [-0.2, 0) is 27.4 Å². The Kier molecular flexibility index (Phi) is 8.14. The van der Waals surface area contributed by atoms with Gasteiger partial charge in [-0.25, -0.2) is 4.79 Å². The molecule has 1 N–H and O–H groups in total. The quantitative estimate of drug-likeness (QED) is 0.620. The van der Waals surface area contributed by atoms with Crippen molar-refractivity contribution in [1.82, 2.24) is 10.2 Å². The molecule has 34 heavy (non-hydrogen) atoms. The van der Waals surface area contributed by atoms with Gasteiger partial charge < -0.3 is 14.8 Å². The molecule has 1 heterocycles. The number of hydrogen-bond acceptors (Lipinski definition) is 5. The fourth-order valence-electron chi connectivity index (χ4n) is 3.90. The van der Waals surface area contributed by atoms with Gasteiger partial charge in [-0.05, 0) is 36.1 Å². The second-order valence-corrected chi connectivity index (χ2v) is 7.97. The Balaban J connectivity index is 1.72. The zero-order valence-electron chi connectivity index (χ0n) is 18.5. The number of ether oxygens (including phenoxy) is 2. The maximum atomic E-state index is 13.1. The van der Waals surface area contributed by atoms with Gasteiger partial charge in [0, 0.05) is 19.9 Å². The molecule has 1 fully saturated rings. The molecule has 0 bridgehead atoms. The smallest absolute Gasteiger partial charge is 0.445 e. The van der Waals surface area contributed by atoms with Crippen molar-refractivity contribution >= 4 is 17.8 Å². The summed E-state index contributed by atoms with van der Waals surface area (Å²) in [5.74, 6) is -1.04. The van der Waals surface area contributed by atoms with E-state index < -0.39 is 30.3 Å². The summed E-state index contributed by atoms with van der Waals surface area (Å²) < 4.78 is 46.9. The van der Waals surface area contributed by atoms with E-state index in [4.69, 9.17) is 4.74 Å². The lowest BCUT2D eigenvalue weighted by molar-refractivity contribution is -0.274. The third-order valence-electron chi connectivity index (χ3n) is 5.39. The number of benzene rings is 2. The van der Waals surface area contributed by atoms with Crippen LogP contribution < -0.4 is 10.1 Å². The van der Waals surface area contributed by atoms with Crippen LogP contribution in [0.5, 0.6) is 5.75 Å². The zero-order valence-corrected chi connectivity index (χ0v) is 18.5. The van der Waals surface area contributed by atoms with Gasteiger partial charge in [-0.2, -0.15) is 0 Å². The molecule has 1 saturated heterocycles. The highest BCUT2D eigenvalue weighted by Crippen LogP contribution is 2.28. The van der Waals surface area contributed by atoms with Crippen LogP contribution in [0.25, 0.3) is 0 Å². The highest BCUT2D eigenvalue weighted by Gasteiger charge is 2.41. The lowest BCUT2D eigenvalue weighted by Gasteiger charge is -2.29. The number of nitrogens with zero attached hydrogens (tertiary/aromatic N) is 1. The predicted octanol–water partition coefficient (Wildman–Crippen LogP) is 4.00. The maximum Gasteiger partial charge on any atom is 0.573 e. The number of rotatable bonds is 8. The molecule has 0 radical (unpaired) electrons. The van der Waals surface area contributed by atoms with Gasteiger partial charge in [0.2, 0.25) is 5.91 Å². The molecular weight excluding hydrogens is 453 g/mol. The normalized spacial score (nSPS) is 17.8. The van der Waals surface area contributed by atoms with E-state index in [1.165, 1.54) is 24.0 Å². The van der Waals surface area contributed by atoms with Crippen molar-refractivity contribution in [2.45, 2.75) is 51.2 Å². The Morgan fingerprint density at radius 3 is 2.41 bits per heavy atom. The predicted molar refractivity (Wildman–Crippen MR) is 116 cm³/mol. The number of alkyl halides is 3. The van der Waals surface area contributed by atoms with Gasteiger partial charge in [-0.1, -0.05) is 42.5 Å². The fourth-order valence-corrected chi connectivity index (χ4v) is 3.90. The van der Waals surface area contributed by atoms with Gasteiger partial charge in [0.15, 0.2) is 5.78 Å². The molecule has 2 aromatic rings. The minimum atomic E-state index is -4.84. The molecule has 0 saturated carbocycles. The summed E-state index contributed by atoms with van der Waals surface area (Å²) in [6.07, 6.45) is -4.90. The number of ketones is 1. The standard InChI is InChI=1S/C24H25F3N2O5/c1-16(30)28-14-19-10-11-21(29(19)23(32)33-15-17-6-3-2-4-7-17)22(31)13-18-8-5-9-20(12-18)34-24(25,26)27/h2-9,12,19,21H,10-11,13-15H2,1H3,(H,28,30)/t19-,21+/m1/s1. The minimum absolute atomic E-state index is 0.0146. The SMILES string of the molecule is CC(=O)NC[C@H]1CC[C@@H](C(=O)Cc2cccc(OC(F)(F)F)c2)N1C(=O)OCc1ccccc1. The minimum Gasteiger partial charge on any atom is -0.445 e. The zero-order chi connectivity index (χ0) is 24.7. The van der Waals surface area contributed by atoms with Crippen molar-refractivity contribution in [2.75, 3.05) is 6.54 Å². The van der Waals surface area contributed by atoms with Crippen molar-refractivity contribution in [3.63, 3.8) is 0 Å². The lowest BCUT2D eigenvalue weighted by Crippen LogP contribution is -2.49. The van der Waals surface area contributed by atoms with Crippen LogP contribution >= 0.6 is 0 Å². The van der Waals surface area contributed by atoms with Gasteiger partial charge in [-0.3, -0.25) is 14.5 Å². The Bertz CT molecular complexity index is 1010. The summed E-state index contributed by atoms with van der Waals surface area (Å²) in [4.78, 5) is 38.7. The summed E-state index contributed by atoms with van der Waals surface area (Å²) in [6.45, 7) is 1.53. The summed E-state index contributed by atoms with van der Waals surface area (Å²) in [5, 5.41) is 2.66. The lowest BCUT2D eigenvalue weighted by atomic mass is 10.0. The number of likely N-dealkylation sites (tertiary alicyclic amines) is 1. The summed E-state index contributed by atoms with van der Waals surface area (Å²) in [7, 11) is 0. The first-order valence-corrected chi connectivity index (χ1v) is 10.7. The number of carbonyl (C=O) groups excluding carboxylic acids is 3. The number of carbonyl (C=O) groups is 3. The van der Waals surface area contributed by atoms with Crippen molar-refractivity contribution in [2.24, 2.45) is 0 Å². The van der Waals surface area contributed by atoms with Crippen LogP contribution in [-0.4, -0.2) is 47.7 Å². The van der Waals surface area contributed by atoms with Gasteiger partial charge in [0.05, 0.1) is 12.1 Å². The largest absolute Gasteiger partial charge is 0.573 e. The van der Waals surface area contributed by atoms with E-state index in [-0.39, 0.29) is 31.3 Å². The number of amides is 2. The monoisotopic (exact) mass is 478 g/mol. The molecule has 0 spiro atoms. The third kappa shape index (κ3) is 7.23. The van der Waals surface area contributed by atoms with Crippen molar-refractivity contribution in [3.05, 3.63) is 65.7 Å². The second kappa shape index (κ2) is 11.0. The summed E-state index contributed by atoms with van der Waals surface area (Å²) >= 11 is 0. The summed E-state index contributed by atoms with van der Waals surface area (Å²) in [5.41, 5.74) is 1.10. The first-order valence-electron chi connectivity index (χ1n) is 10.7. The number of hydrogen-bond donors (Lipinski definition) is 1. The van der Waals surface area contributed by atoms with Crippen molar-refractivity contribution < 1.29 is 37.0 Å². The molecule has 2 aromatic carbocycles. The highest BCUT2D eigenvalue weighted by molar-refractivity contribution is 5.90. The van der Waals surface area contributed by atoms with Gasteiger partial charge in [-0.15, -0.1) is 13.2 Å². The van der Waals surface area contributed by atoms with E-state index in [1.807, 2.05) is 18.2 Å². The molecule has 182 valence electrons. The Morgan fingerprint density at radius 1 is 1.03 bits per heavy atom. The highest BCUT2D eigenvalue weighted by atomic mass is 19.4. The first kappa shape index (κ1) is 25.1. The molecule has 0 aromatic heterocycles. The fraction of sp³-hybridized carbons (Fsp3) is 0.375.